The van der Waals surface area contributed by atoms with Crippen molar-refractivity contribution >= 4 is 11.9 Å². The van der Waals surface area contributed by atoms with Gasteiger partial charge in [-0.2, -0.15) is 0 Å². The van der Waals surface area contributed by atoms with Crippen LogP contribution in [-0.2, 0) is 9.59 Å². The van der Waals surface area contributed by atoms with Gasteiger partial charge in [-0.15, -0.1) is 0 Å². The Morgan fingerprint density at radius 3 is 2.59 bits per heavy atom. The maximum Gasteiger partial charge on any atom is 0.307 e. The van der Waals surface area contributed by atoms with Crippen LogP contribution in [0.2, 0.25) is 0 Å². The molecular weight excluding hydrogens is 218 g/mol. The summed E-state index contributed by atoms with van der Waals surface area (Å²) in [6.07, 6.45) is 7.19. The zero-order chi connectivity index (χ0) is 12.3. The van der Waals surface area contributed by atoms with E-state index in [2.05, 4.69) is 0 Å². The largest absolute Gasteiger partial charge is 0.481 e. The fourth-order valence-electron chi connectivity index (χ4n) is 2.96. The number of piperidine rings is 1. The lowest BCUT2D eigenvalue weighted by atomic mass is 9.95. The average molecular weight is 239 g/mol. The molecule has 0 aromatic heterocycles. The molecule has 0 radical (unpaired) electrons. The van der Waals surface area contributed by atoms with E-state index in [1.54, 1.807) is 0 Å². The summed E-state index contributed by atoms with van der Waals surface area (Å²) in [6.45, 7) is 1.46. The van der Waals surface area contributed by atoms with Gasteiger partial charge in [-0.1, -0.05) is 25.7 Å². The van der Waals surface area contributed by atoms with Gasteiger partial charge in [0.2, 0.25) is 5.91 Å². The summed E-state index contributed by atoms with van der Waals surface area (Å²) in [6, 6.07) is 0. The fraction of sp³-hybridized carbons (Fsp3) is 0.846. The molecule has 1 amide bonds. The molecule has 96 valence electrons. The van der Waals surface area contributed by atoms with E-state index in [1.807, 2.05) is 4.90 Å². The lowest BCUT2D eigenvalue weighted by Crippen LogP contribution is -2.41. The van der Waals surface area contributed by atoms with Gasteiger partial charge in [-0.25, -0.2) is 0 Å². The predicted molar refractivity (Wildman–Crippen MR) is 63.5 cm³/mol. The highest BCUT2D eigenvalue weighted by molar-refractivity contribution is 5.83. The Labute approximate surface area is 102 Å². The van der Waals surface area contributed by atoms with Crippen molar-refractivity contribution in [2.75, 3.05) is 13.1 Å². The number of hydrogen-bond acceptors (Lipinski definition) is 2. The molecule has 1 saturated heterocycles. The third-order valence-electron chi connectivity index (χ3n) is 4.15. The van der Waals surface area contributed by atoms with Crippen LogP contribution in [0.1, 0.15) is 44.9 Å². The van der Waals surface area contributed by atoms with E-state index in [1.165, 1.54) is 25.7 Å². The van der Waals surface area contributed by atoms with E-state index in [-0.39, 0.29) is 12.3 Å². The summed E-state index contributed by atoms with van der Waals surface area (Å²) in [5.41, 5.74) is 0. The van der Waals surface area contributed by atoms with Crippen LogP contribution in [0, 0.1) is 11.8 Å². The summed E-state index contributed by atoms with van der Waals surface area (Å²) < 4.78 is 0. The van der Waals surface area contributed by atoms with E-state index in [4.69, 9.17) is 5.11 Å². The fourth-order valence-corrected chi connectivity index (χ4v) is 2.96. The third kappa shape index (κ3) is 3.20. The van der Waals surface area contributed by atoms with Crippen LogP contribution in [0.15, 0.2) is 0 Å². The minimum absolute atomic E-state index is 0.0293. The third-order valence-corrected chi connectivity index (χ3v) is 4.15. The number of aliphatic carboxylic acids is 1. The van der Waals surface area contributed by atoms with Crippen molar-refractivity contribution in [2.24, 2.45) is 11.8 Å². The van der Waals surface area contributed by atoms with Gasteiger partial charge >= 0.3 is 5.97 Å². The first-order valence-electron chi connectivity index (χ1n) is 6.67. The van der Waals surface area contributed by atoms with Gasteiger partial charge in [-0.05, 0) is 18.8 Å². The number of carboxylic acids is 1. The second-order valence-electron chi connectivity index (χ2n) is 5.35. The zero-order valence-corrected chi connectivity index (χ0v) is 10.2. The van der Waals surface area contributed by atoms with E-state index in [0.717, 1.165) is 18.9 Å². The monoisotopic (exact) mass is 239 g/mol. The SMILES string of the molecule is O=C(O)C1CCN(CCC2CCCC2)C(=O)C1. The van der Waals surface area contributed by atoms with Crippen LogP contribution < -0.4 is 0 Å². The quantitative estimate of drug-likeness (QED) is 0.815. The molecule has 0 spiro atoms. The van der Waals surface area contributed by atoms with Crippen LogP contribution in [0.4, 0.5) is 0 Å². The number of amides is 1. The number of rotatable bonds is 4. The van der Waals surface area contributed by atoms with E-state index < -0.39 is 11.9 Å². The van der Waals surface area contributed by atoms with Gasteiger partial charge in [0.25, 0.3) is 0 Å². The summed E-state index contributed by atoms with van der Waals surface area (Å²) >= 11 is 0. The number of likely N-dealkylation sites (tertiary alicyclic amines) is 1. The Hall–Kier alpha value is -1.06. The van der Waals surface area contributed by atoms with Gasteiger partial charge in [-0.3, -0.25) is 9.59 Å². The van der Waals surface area contributed by atoms with Crippen molar-refractivity contribution in [1.29, 1.82) is 0 Å². The van der Waals surface area contributed by atoms with Gasteiger partial charge < -0.3 is 10.0 Å². The van der Waals surface area contributed by atoms with Crippen molar-refractivity contribution in [1.82, 2.24) is 4.90 Å². The van der Waals surface area contributed by atoms with E-state index in [0.29, 0.717) is 13.0 Å². The van der Waals surface area contributed by atoms with Crippen molar-refractivity contribution < 1.29 is 14.7 Å². The summed E-state index contributed by atoms with van der Waals surface area (Å²) in [5, 5.41) is 8.87. The maximum absolute atomic E-state index is 11.8. The molecule has 0 bridgehead atoms. The molecule has 0 aromatic carbocycles. The normalized spacial score (nSPS) is 26.5. The van der Waals surface area contributed by atoms with Gasteiger partial charge in [0.05, 0.1) is 5.92 Å². The van der Waals surface area contributed by atoms with Crippen LogP contribution in [-0.4, -0.2) is 35.0 Å². The number of nitrogens with zero attached hydrogens (tertiary/aromatic N) is 1. The number of carboxylic acid groups (broad SMARTS) is 1. The highest BCUT2D eigenvalue weighted by Crippen LogP contribution is 2.28. The number of carbonyl (C=O) groups is 2. The summed E-state index contributed by atoms with van der Waals surface area (Å²) in [4.78, 5) is 24.4. The molecule has 17 heavy (non-hydrogen) atoms. The van der Waals surface area contributed by atoms with Gasteiger partial charge in [0.1, 0.15) is 0 Å². The van der Waals surface area contributed by atoms with E-state index >= 15 is 0 Å². The Balaban J connectivity index is 1.75. The van der Waals surface area contributed by atoms with Crippen molar-refractivity contribution in [3.05, 3.63) is 0 Å². The smallest absolute Gasteiger partial charge is 0.307 e. The molecule has 4 heteroatoms. The van der Waals surface area contributed by atoms with Crippen molar-refractivity contribution in [2.45, 2.75) is 44.9 Å². The minimum atomic E-state index is -0.825. The summed E-state index contributed by atoms with van der Waals surface area (Å²) in [7, 11) is 0. The second kappa shape index (κ2) is 5.52. The second-order valence-corrected chi connectivity index (χ2v) is 5.35. The van der Waals surface area contributed by atoms with Gasteiger partial charge in [0, 0.05) is 19.5 Å². The standard InChI is InChI=1S/C13H21NO3/c15-12-9-11(13(16)17)6-8-14(12)7-5-10-3-1-2-4-10/h10-11H,1-9H2,(H,16,17). The first-order chi connectivity index (χ1) is 8.16. The Bertz CT molecular complexity index is 297. The molecule has 2 rings (SSSR count). The molecule has 0 aromatic rings. The Kier molecular flexibility index (Phi) is 4.02. The highest BCUT2D eigenvalue weighted by Gasteiger charge is 2.30. The number of hydrogen-bond donors (Lipinski definition) is 1. The molecule has 1 atom stereocenters. The molecule has 1 heterocycles. The minimum Gasteiger partial charge on any atom is -0.481 e. The lowest BCUT2D eigenvalue weighted by molar-refractivity contribution is -0.149. The Morgan fingerprint density at radius 2 is 2.00 bits per heavy atom. The van der Waals surface area contributed by atoms with E-state index in [9.17, 15) is 9.59 Å². The molecule has 1 unspecified atom stereocenters. The molecule has 2 fully saturated rings. The molecular formula is C13H21NO3. The average Bonchev–Trinajstić information content (AvgIpc) is 2.80. The predicted octanol–water partition coefficient (Wildman–Crippen LogP) is 1.89. The van der Waals surface area contributed by atoms with Crippen LogP contribution in [0.3, 0.4) is 0 Å². The molecule has 4 nitrogen and oxygen atoms in total. The lowest BCUT2D eigenvalue weighted by Gasteiger charge is -2.30. The highest BCUT2D eigenvalue weighted by atomic mass is 16.4. The number of carbonyl (C=O) groups excluding carboxylic acids is 1. The molecule has 1 saturated carbocycles. The first-order valence-corrected chi connectivity index (χ1v) is 6.67. The maximum atomic E-state index is 11.8. The van der Waals surface area contributed by atoms with Crippen LogP contribution in [0.5, 0.6) is 0 Å². The first kappa shape index (κ1) is 12.4. The topological polar surface area (TPSA) is 57.6 Å². The van der Waals surface area contributed by atoms with Crippen LogP contribution in [0.25, 0.3) is 0 Å². The molecule has 2 aliphatic rings. The summed E-state index contributed by atoms with van der Waals surface area (Å²) in [5.74, 6) is -0.458. The zero-order valence-electron chi connectivity index (χ0n) is 10.2. The molecule has 1 aliphatic heterocycles. The van der Waals surface area contributed by atoms with Gasteiger partial charge in [0.15, 0.2) is 0 Å². The van der Waals surface area contributed by atoms with Crippen molar-refractivity contribution in [3.8, 4) is 0 Å². The Morgan fingerprint density at radius 1 is 1.29 bits per heavy atom. The van der Waals surface area contributed by atoms with Crippen molar-refractivity contribution in [3.63, 3.8) is 0 Å². The molecule has 1 N–H and O–H groups in total. The molecule has 1 aliphatic carbocycles. The van der Waals surface area contributed by atoms with Crippen LogP contribution >= 0.6 is 0 Å².